The number of nitrogens with one attached hydrogen (secondary N) is 1. The number of aromatic nitrogens is 1. The second-order valence-electron chi connectivity index (χ2n) is 4.09. The van der Waals surface area contributed by atoms with E-state index in [2.05, 4.69) is 42.2 Å². The number of furan rings is 1. The highest BCUT2D eigenvalue weighted by atomic mass is 79.9. The zero-order valence-electron chi connectivity index (χ0n) is 10.1. The molecule has 0 aliphatic rings. The van der Waals surface area contributed by atoms with Gasteiger partial charge in [-0.1, -0.05) is 12.1 Å². The SMILES string of the molecule is O=C(Nc1cccc2cc(Br)cnc12)c1ccc(Br)o1. The zero-order chi connectivity index (χ0) is 14.1. The first-order valence-electron chi connectivity index (χ1n) is 5.74. The maximum absolute atomic E-state index is 12.1. The maximum atomic E-state index is 12.1. The Balaban J connectivity index is 1.97. The summed E-state index contributed by atoms with van der Waals surface area (Å²) in [6, 6.07) is 10.8. The van der Waals surface area contributed by atoms with Gasteiger partial charge in [0.15, 0.2) is 10.4 Å². The van der Waals surface area contributed by atoms with Gasteiger partial charge < -0.3 is 9.73 Å². The summed E-state index contributed by atoms with van der Waals surface area (Å²) in [6.45, 7) is 0. The number of halogens is 2. The number of carbonyl (C=O) groups excluding carboxylic acids is 1. The Morgan fingerprint density at radius 3 is 2.80 bits per heavy atom. The van der Waals surface area contributed by atoms with Gasteiger partial charge in [-0.15, -0.1) is 0 Å². The number of anilines is 1. The molecule has 2 heterocycles. The third-order valence-electron chi connectivity index (χ3n) is 2.72. The molecule has 100 valence electrons. The molecule has 4 nitrogen and oxygen atoms in total. The number of para-hydroxylation sites is 1. The van der Waals surface area contributed by atoms with Crippen molar-refractivity contribution in [2.75, 3.05) is 5.32 Å². The van der Waals surface area contributed by atoms with Crippen LogP contribution >= 0.6 is 31.9 Å². The molecular formula is C14H8Br2N2O2. The van der Waals surface area contributed by atoms with Crippen molar-refractivity contribution in [2.45, 2.75) is 0 Å². The van der Waals surface area contributed by atoms with Crippen molar-refractivity contribution >= 4 is 54.4 Å². The lowest BCUT2D eigenvalue weighted by atomic mass is 10.2. The Labute approximate surface area is 131 Å². The number of hydrogen-bond acceptors (Lipinski definition) is 3. The number of pyridine rings is 1. The number of fused-ring (bicyclic) bond motifs is 1. The van der Waals surface area contributed by atoms with E-state index in [1.165, 1.54) is 0 Å². The fourth-order valence-electron chi connectivity index (χ4n) is 1.86. The molecule has 3 rings (SSSR count). The first-order chi connectivity index (χ1) is 9.63. The highest BCUT2D eigenvalue weighted by Gasteiger charge is 2.12. The van der Waals surface area contributed by atoms with Gasteiger partial charge in [0.25, 0.3) is 5.91 Å². The molecule has 0 saturated heterocycles. The van der Waals surface area contributed by atoms with E-state index in [0.29, 0.717) is 10.4 Å². The molecule has 1 N–H and O–H groups in total. The van der Waals surface area contributed by atoms with Gasteiger partial charge in [-0.3, -0.25) is 9.78 Å². The Morgan fingerprint density at radius 1 is 1.20 bits per heavy atom. The van der Waals surface area contributed by atoms with E-state index in [-0.39, 0.29) is 11.7 Å². The molecule has 0 aliphatic carbocycles. The molecule has 0 saturated carbocycles. The fourth-order valence-corrected chi connectivity index (χ4v) is 2.51. The lowest BCUT2D eigenvalue weighted by molar-refractivity contribution is 0.0995. The molecule has 0 spiro atoms. The maximum Gasteiger partial charge on any atom is 0.291 e. The average Bonchev–Trinajstić information content (AvgIpc) is 2.85. The van der Waals surface area contributed by atoms with Crippen LogP contribution in [0.15, 0.2) is 56.2 Å². The molecule has 0 atom stereocenters. The second kappa shape index (κ2) is 5.38. The molecule has 2 aromatic heterocycles. The number of hydrogen-bond donors (Lipinski definition) is 1. The fraction of sp³-hybridized carbons (Fsp3) is 0. The minimum absolute atomic E-state index is 0.242. The van der Waals surface area contributed by atoms with Gasteiger partial charge in [0.2, 0.25) is 0 Å². The van der Waals surface area contributed by atoms with E-state index in [9.17, 15) is 4.79 Å². The molecule has 20 heavy (non-hydrogen) atoms. The van der Waals surface area contributed by atoms with Crippen molar-refractivity contribution in [2.24, 2.45) is 0 Å². The van der Waals surface area contributed by atoms with Gasteiger partial charge in [-0.2, -0.15) is 0 Å². The summed E-state index contributed by atoms with van der Waals surface area (Å²) in [7, 11) is 0. The third-order valence-corrected chi connectivity index (χ3v) is 3.58. The zero-order valence-corrected chi connectivity index (χ0v) is 13.2. The standard InChI is InChI=1S/C14H8Br2N2O2/c15-9-6-8-2-1-3-10(13(8)17-7-9)18-14(19)11-4-5-12(16)20-11/h1-7H,(H,18,19). The number of benzene rings is 1. The van der Waals surface area contributed by atoms with Crippen molar-refractivity contribution in [1.82, 2.24) is 4.98 Å². The van der Waals surface area contributed by atoms with Crippen LogP contribution in [0.1, 0.15) is 10.6 Å². The number of carbonyl (C=O) groups is 1. The first-order valence-corrected chi connectivity index (χ1v) is 7.33. The molecule has 1 aromatic carbocycles. The third kappa shape index (κ3) is 2.62. The molecule has 1 amide bonds. The van der Waals surface area contributed by atoms with Crippen LogP contribution in [0.2, 0.25) is 0 Å². The summed E-state index contributed by atoms with van der Waals surface area (Å²) in [6.07, 6.45) is 1.70. The Kier molecular flexibility index (Phi) is 3.58. The van der Waals surface area contributed by atoms with Crippen LogP contribution in [0.3, 0.4) is 0 Å². The Hall–Kier alpha value is -1.66. The second-order valence-corrected chi connectivity index (χ2v) is 5.79. The predicted octanol–water partition coefficient (Wildman–Crippen LogP) is 4.61. The van der Waals surface area contributed by atoms with Crippen LogP contribution in [-0.2, 0) is 0 Å². The summed E-state index contributed by atoms with van der Waals surface area (Å²) in [5.41, 5.74) is 1.38. The van der Waals surface area contributed by atoms with Crippen LogP contribution in [0.4, 0.5) is 5.69 Å². The van der Waals surface area contributed by atoms with Crippen LogP contribution in [-0.4, -0.2) is 10.9 Å². The molecule has 6 heteroatoms. The van der Waals surface area contributed by atoms with Crippen molar-refractivity contribution in [3.05, 3.63) is 57.5 Å². The van der Waals surface area contributed by atoms with E-state index in [0.717, 1.165) is 15.4 Å². The van der Waals surface area contributed by atoms with Gasteiger partial charge in [0, 0.05) is 16.1 Å². The van der Waals surface area contributed by atoms with Crippen molar-refractivity contribution in [1.29, 1.82) is 0 Å². The van der Waals surface area contributed by atoms with E-state index in [1.54, 1.807) is 24.4 Å². The highest BCUT2D eigenvalue weighted by Crippen LogP contribution is 2.24. The van der Waals surface area contributed by atoms with Gasteiger partial charge in [-0.25, -0.2) is 0 Å². The summed E-state index contributed by atoms with van der Waals surface area (Å²) in [5, 5.41) is 3.75. The first kappa shape index (κ1) is 13.3. The summed E-state index contributed by atoms with van der Waals surface area (Å²) >= 11 is 6.55. The lowest BCUT2D eigenvalue weighted by Gasteiger charge is -2.07. The number of nitrogens with zero attached hydrogens (tertiary/aromatic N) is 1. The van der Waals surface area contributed by atoms with Crippen LogP contribution in [0.25, 0.3) is 10.9 Å². The van der Waals surface area contributed by atoms with Crippen molar-refractivity contribution in [3.8, 4) is 0 Å². The Bertz CT molecular complexity index is 799. The van der Waals surface area contributed by atoms with Gasteiger partial charge >= 0.3 is 0 Å². The van der Waals surface area contributed by atoms with Crippen molar-refractivity contribution < 1.29 is 9.21 Å². The summed E-state index contributed by atoms with van der Waals surface area (Å²) < 4.78 is 6.63. The summed E-state index contributed by atoms with van der Waals surface area (Å²) in [4.78, 5) is 16.4. The monoisotopic (exact) mass is 394 g/mol. The van der Waals surface area contributed by atoms with Crippen LogP contribution < -0.4 is 5.32 Å². The molecule has 0 radical (unpaired) electrons. The minimum Gasteiger partial charge on any atom is -0.444 e. The van der Waals surface area contributed by atoms with Crippen molar-refractivity contribution in [3.63, 3.8) is 0 Å². The number of rotatable bonds is 2. The number of amides is 1. The minimum atomic E-state index is -0.312. The largest absolute Gasteiger partial charge is 0.444 e. The van der Waals surface area contributed by atoms with E-state index >= 15 is 0 Å². The van der Waals surface area contributed by atoms with Crippen LogP contribution in [0.5, 0.6) is 0 Å². The van der Waals surface area contributed by atoms with Gasteiger partial charge in [-0.05, 0) is 56.1 Å². The highest BCUT2D eigenvalue weighted by molar-refractivity contribution is 9.10. The van der Waals surface area contributed by atoms with E-state index in [4.69, 9.17) is 4.42 Å². The molecule has 0 unspecified atom stereocenters. The Morgan fingerprint density at radius 2 is 2.05 bits per heavy atom. The normalized spacial score (nSPS) is 10.7. The molecule has 0 aliphatic heterocycles. The predicted molar refractivity (Wildman–Crippen MR) is 83.8 cm³/mol. The average molecular weight is 396 g/mol. The van der Waals surface area contributed by atoms with Gasteiger partial charge in [0.1, 0.15) is 0 Å². The lowest BCUT2D eigenvalue weighted by Crippen LogP contribution is -2.11. The van der Waals surface area contributed by atoms with E-state index < -0.39 is 0 Å². The van der Waals surface area contributed by atoms with Gasteiger partial charge in [0.05, 0.1) is 11.2 Å². The van der Waals surface area contributed by atoms with Crippen LogP contribution in [0, 0.1) is 0 Å². The molecule has 3 aromatic rings. The van der Waals surface area contributed by atoms with E-state index in [1.807, 2.05) is 18.2 Å². The summed E-state index contributed by atoms with van der Waals surface area (Å²) in [5.74, 6) is -0.0705. The molecule has 0 bridgehead atoms. The topological polar surface area (TPSA) is 55.1 Å². The quantitative estimate of drug-likeness (QED) is 0.689. The molecular weight excluding hydrogens is 388 g/mol. The smallest absolute Gasteiger partial charge is 0.291 e. The molecule has 0 fully saturated rings.